The van der Waals surface area contributed by atoms with Gasteiger partial charge >= 0.3 is 0 Å². The van der Waals surface area contributed by atoms with Gasteiger partial charge in [-0.15, -0.1) is 65.9 Å². The molecule has 5 fully saturated rings. The van der Waals surface area contributed by atoms with Gasteiger partial charge < -0.3 is 112 Å². The number of anilines is 5. The summed E-state index contributed by atoms with van der Waals surface area (Å²) in [6.45, 7) is 26.4. The van der Waals surface area contributed by atoms with Crippen molar-refractivity contribution in [2.75, 3.05) is 177 Å². The summed E-state index contributed by atoms with van der Waals surface area (Å²) >= 11 is 0. The van der Waals surface area contributed by atoms with Crippen LogP contribution >= 0.6 is 34.4 Å². The van der Waals surface area contributed by atoms with Gasteiger partial charge in [0.15, 0.2) is 105 Å². The number of fused-ring (bicyclic) bond motifs is 5. The third-order valence-corrected chi connectivity index (χ3v) is 30.6. The minimum atomic E-state index is -1.25. The van der Waals surface area contributed by atoms with Gasteiger partial charge in [0.2, 0.25) is 0 Å². The number of pyridine rings is 1. The second-order valence-electron chi connectivity index (χ2n) is 37.9. The fourth-order valence-electron chi connectivity index (χ4n) is 15.8. The van der Waals surface area contributed by atoms with Gasteiger partial charge in [0.05, 0.1) is 67.8 Å². The van der Waals surface area contributed by atoms with Crippen molar-refractivity contribution in [2.45, 2.75) is 208 Å². The lowest BCUT2D eigenvalue weighted by Crippen LogP contribution is -2.31. The molecule has 5 saturated heterocycles. The zero-order valence-corrected chi connectivity index (χ0v) is 83.7. The van der Waals surface area contributed by atoms with Gasteiger partial charge in [-0.2, -0.15) is 0 Å². The molecule has 10 aromatic rings. The van der Waals surface area contributed by atoms with E-state index < -0.39 is 157 Å². The molecule has 0 amide bonds. The summed E-state index contributed by atoms with van der Waals surface area (Å²) in [5, 5.41) is 121. The third-order valence-electron chi connectivity index (χ3n) is 23.3. The van der Waals surface area contributed by atoms with Crippen LogP contribution in [0.25, 0.3) is 55.8 Å². The minimum Gasteiger partial charge on any atom is -0.388 e. The Morgan fingerprint density at radius 3 is 0.887 bits per heavy atom. The van der Waals surface area contributed by atoms with E-state index in [9.17, 15) is 51.1 Å². The number of aromatic nitrogens is 19. The number of unbranched alkanes of at least 4 members (excludes halogenated alkanes) is 1. The number of nitrogens with zero attached hydrogens (tertiary/aromatic N) is 19. The van der Waals surface area contributed by atoms with Gasteiger partial charge in [-0.1, -0.05) is 20.3 Å². The maximum atomic E-state index is 10.6. The fraction of sp³-hybridized carbons (Fsp3) is 0.644. The van der Waals surface area contributed by atoms with Crippen molar-refractivity contribution in [1.29, 1.82) is 0 Å². The molecule has 5 aliphatic rings. The van der Waals surface area contributed by atoms with Gasteiger partial charge in [0.1, 0.15) is 91.9 Å². The van der Waals surface area contributed by atoms with Gasteiger partial charge in [-0.3, -0.25) is 22.8 Å². The number of hydrogen-bond donors (Lipinski definition) is 16. The molecule has 41 nitrogen and oxygen atoms in total. The molecule has 0 saturated carbocycles. The molecule has 0 aliphatic carbocycles. The fourth-order valence-corrected chi connectivity index (χ4v) is 20.6. The Morgan fingerprint density at radius 2 is 0.617 bits per heavy atom. The van der Waals surface area contributed by atoms with Crippen molar-refractivity contribution in [3.63, 3.8) is 0 Å². The molecule has 5 aliphatic heterocycles. The van der Waals surface area contributed by atoms with Gasteiger partial charge in [-0.25, -0.2) is 69.8 Å². The van der Waals surface area contributed by atoms with Gasteiger partial charge in [-0.05, 0) is 175 Å². The second-order valence-corrected chi connectivity index (χ2v) is 59.5. The van der Waals surface area contributed by atoms with E-state index >= 15 is 0 Å². The van der Waals surface area contributed by atoms with Gasteiger partial charge in [0.25, 0.3) is 0 Å². The summed E-state index contributed by atoms with van der Waals surface area (Å²) in [6.07, 6.45) is 33.3. The molecule has 133 heavy (non-hydrogen) atoms. The molecule has 0 spiro atoms. The molecule has 17 N–H and O–H groups in total. The highest BCUT2D eigenvalue weighted by Crippen LogP contribution is 2.46. The Balaban J connectivity index is 0.000000161. The van der Waals surface area contributed by atoms with Crippen molar-refractivity contribution in [3.05, 3.63) is 69.2 Å². The zero-order chi connectivity index (χ0) is 96.6. The molecule has 738 valence electrons. The first-order valence-corrected chi connectivity index (χ1v) is 60.7. The molecule has 46 heteroatoms. The van der Waals surface area contributed by atoms with Crippen LogP contribution in [0.4, 0.5) is 29.0 Å². The molecular formula is C87H144N25O16P5. The molecule has 15 heterocycles. The third kappa shape index (κ3) is 27.6. The van der Waals surface area contributed by atoms with E-state index in [4.69, 9.17) is 34.2 Å². The molecule has 0 radical (unpaired) electrons. The Morgan fingerprint density at radius 1 is 0.346 bits per heavy atom. The molecule has 0 aromatic carbocycles. The SMILES string of the molecule is C=P(C)(C)CC[C@H]1OC(n2cnc3c(NC)ccnc32)[C@H](O)[C@@H]1O.C=P(C)(C)CC[C@H]1OC(n2cnc3c(NCC)ncnc32)[C@H](O)[C@@H]1O.C=P(C)(C)CC[C@H]1OC(n2cnc3c(NCCC)ncnc32)[C@H](O)[C@@H]1O.C=P(C)(C)CC[C@H]1OC(n2cnc3c(NCCCC)ncnc32)[C@H](O)[C@@H]1O.C=P(C)(C)CC[C@H]1OC(n2cnc3c(NCCCOCCCN)ncnc32)[C@H](O)[C@@H]1O. The topological polar surface area (TPSA) is 549 Å². The number of hydrogen-bond acceptors (Lipinski definition) is 36. The minimum absolute atomic E-state index is 0.407. The van der Waals surface area contributed by atoms with E-state index in [2.05, 4.69) is 208 Å². The van der Waals surface area contributed by atoms with Crippen molar-refractivity contribution in [1.82, 2.24) is 92.6 Å². The van der Waals surface area contributed by atoms with Crippen LogP contribution in [0.1, 0.15) is 116 Å². The summed E-state index contributed by atoms with van der Waals surface area (Å²) in [4.78, 5) is 60.5. The average molecular weight is 1950 g/mol. The molecule has 10 aromatic heterocycles. The normalized spacial score (nSPS) is 26.2. The number of nitrogens with two attached hydrogens (primary N) is 1. The van der Waals surface area contributed by atoms with Crippen molar-refractivity contribution in [2.24, 2.45) is 5.73 Å². The Bertz CT molecular complexity index is 5640. The van der Waals surface area contributed by atoms with E-state index in [-0.39, 0.29) is 0 Å². The number of aliphatic hydroxyl groups is 10. The van der Waals surface area contributed by atoms with E-state index in [0.717, 1.165) is 81.7 Å². The molecule has 0 bridgehead atoms. The lowest BCUT2D eigenvalue weighted by atomic mass is 10.1. The largest absolute Gasteiger partial charge is 0.388 e. The Kier molecular flexibility index (Phi) is 37.8. The highest BCUT2D eigenvalue weighted by molar-refractivity contribution is 7.73. The predicted octanol–water partition coefficient (Wildman–Crippen LogP) is 6.00. The number of nitrogens with one attached hydrogen (secondary N) is 5. The van der Waals surface area contributed by atoms with E-state index in [1.54, 1.807) is 60.7 Å². The number of rotatable bonds is 38. The first-order valence-electron chi connectivity index (χ1n) is 45.5. The number of ether oxygens (including phenoxy) is 6. The molecular weight excluding hydrogens is 1810 g/mol. The monoisotopic (exact) mass is 1950 g/mol. The van der Waals surface area contributed by atoms with E-state index in [1.165, 1.54) is 25.3 Å². The zero-order valence-electron chi connectivity index (χ0n) is 79.2. The van der Waals surface area contributed by atoms with Crippen molar-refractivity contribution >= 4 is 151 Å². The van der Waals surface area contributed by atoms with Crippen LogP contribution in [-0.2, 0) is 28.4 Å². The number of imidazole rings is 5. The maximum absolute atomic E-state index is 10.6. The predicted molar refractivity (Wildman–Crippen MR) is 539 cm³/mol. The van der Waals surface area contributed by atoms with Gasteiger partial charge in [0, 0.05) is 52.6 Å². The lowest BCUT2D eigenvalue weighted by molar-refractivity contribution is -0.0353. The first-order chi connectivity index (χ1) is 63.1. The number of aliphatic hydroxyl groups excluding tert-OH is 10. The van der Waals surface area contributed by atoms with Crippen molar-refractivity contribution < 1.29 is 79.5 Å². The summed E-state index contributed by atoms with van der Waals surface area (Å²) in [5.41, 5.74) is 12.3. The smallest absolute Gasteiger partial charge is 0.167 e. The highest BCUT2D eigenvalue weighted by atomic mass is 31.2. The lowest BCUT2D eigenvalue weighted by Gasteiger charge is -2.18. The van der Waals surface area contributed by atoms with Crippen LogP contribution < -0.4 is 32.3 Å². The van der Waals surface area contributed by atoms with Crippen LogP contribution in [0.15, 0.2) is 69.2 Å². The summed E-state index contributed by atoms with van der Waals surface area (Å²) in [5.74, 6) is 2.57. The van der Waals surface area contributed by atoms with E-state index in [0.29, 0.717) is 144 Å². The van der Waals surface area contributed by atoms with Crippen LogP contribution in [0.2, 0.25) is 0 Å². The van der Waals surface area contributed by atoms with Crippen LogP contribution in [0.3, 0.4) is 0 Å². The maximum Gasteiger partial charge on any atom is 0.167 e. The van der Waals surface area contributed by atoms with Crippen LogP contribution in [0.5, 0.6) is 0 Å². The summed E-state index contributed by atoms with van der Waals surface area (Å²) < 4.78 is 43.8. The molecule has 5 unspecified atom stereocenters. The van der Waals surface area contributed by atoms with Crippen LogP contribution in [-0.4, -0.2) is 417 Å². The van der Waals surface area contributed by atoms with Crippen LogP contribution in [0, 0.1) is 0 Å². The standard InChI is InChI=1S/C20H35N6O4P.C18H30N5O3P.C17H28N5O3P.C16H26N5O3P.C16H25N4O3P/c1-31(2,3)11-6-14-16(27)17(28)20(30-14)26-13-25-15-18(23-12-24-19(15)26)22-8-5-10-29-9-4-7-21;1-5-6-8-19-16-13-17(21-10-20-16)23(11-22-13)18-15(25)14(24)12(26-18)7-9-27(2,3)4;1-5-7-18-15-12-16(20-9-19-15)22(10-21-12)17-14(24)13(23)11(25-17)6-8-26(2,3)4;1-5-17-14-11-15(19-8-18-14)21(9-20-11)16-13(23)12(22)10(24-16)6-7-25(2,3)4;1-17-10-5-7-18-15-12(10)19-9-20(15)16-14(22)13(21)11(23-16)6-8-24(2,3)4/h12-14,16-17,20,27-28H,1,4-11,21H2,2-3H3,(H,22,23,24);10-12,14-15,18,24-25H,2,5-9H2,1,3-4H3,(H,19,20,21);9-11,13-14,17,23-24H,2,5-8H2,1,3-4H3,(H,18,19,20);8-10,12-13,16,22-23H,2,5-7H2,1,3-4H3,(H,17,18,19);5,7,9,11,13-14,16,21-22H,2,6,8H2,1,3-4H3,(H,17,18)/t14-,16-,17-,20?;12-,14-,15-,18?;11-,13-,14-,17?;10-,12-,13-,16?;11-,13-,14-,16?/m11111/s1. The Hall–Kier alpha value is -7.36. The quantitative estimate of drug-likeness (QED) is 0.0156. The second kappa shape index (κ2) is 47.3. The highest BCUT2D eigenvalue weighted by Gasteiger charge is 2.49. The van der Waals surface area contributed by atoms with E-state index in [1.807, 2.05) is 20.0 Å². The summed E-state index contributed by atoms with van der Waals surface area (Å²) in [6, 6.07) is 1.84. The summed E-state index contributed by atoms with van der Waals surface area (Å²) in [7, 11) is 1.82. The molecule has 15 rings (SSSR count). The van der Waals surface area contributed by atoms with Crippen molar-refractivity contribution in [3.8, 4) is 0 Å². The average Bonchev–Trinajstić information content (AvgIpc) is 1.65. The Labute approximate surface area is 778 Å². The molecule has 20 atom stereocenters. The first kappa shape index (κ1) is 106.